The molecule has 4 aromatic rings. The zero-order valence-corrected chi connectivity index (χ0v) is 28.0. The smallest absolute Gasteiger partial charge is 0.416 e. The predicted octanol–water partition coefficient (Wildman–Crippen LogP) is 5.84. The number of amides is 3. The Kier molecular flexibility index (Phi) is 9.75. The van der Waals surface area contributed by atoms with Crippen LogP contribution < -0.4 is 24.6 Å². The average molecular weight is 728 g/mol. The van der Waals surface area contributed by atoms with Crippen molar-refractivity contribution in [1.82, 2.24) is 4.98 Å². The lowest BCUT2D eigenvalue weighted by Gasteiger charge is -2.30. The number of aromatic nitrogens is 1. The van der Waals surface area contributed by atoms with Gasteiger partial charge in [-0.05, 0) is 74.0 Å². The maximum atomic E-state index is 14.0. The number of hydrogen-bond acceptors (Lipinski definition) is 10. The maximum absolute atomic E-state index is 14.0. The van der Waals surface area contributed by atoms with Gasteiger partial charge in [0.1, 0.15) is 5.25 Å². The fourth-order valence-electron chi connectivity index (χ4n) is 5.80. The second kappa shape index (κ2) is 14.0. The van der Waals surface area contributed by atoms with Crippen molar-refractivity contribution >= 4 is 58.2 Å². The van der Waals surface area contributed by atoms with Crippen LogP contribution in [0.1, 0.15) is 46.1 Å². The highest BCUT2D eigenvalue weighted by Gasteiger charge is 2.56. The Hall–Kier alpha value is -5.09. The molecule has 3 unspecified atom stereocenters. The molecule has 50 heavy (non-hydrogen) atoms. The molecule has 3 amide bonds. The first-order valence-electron chi connectivity index (χ1n) is 15.3. The molecule has 3 heterocycles. The van der Waals surface area contributed by atoms with Gasteiger partial charge in [0.15, 0.2) is 18.1 Å². The number of hydrogen-bond donors (Lipinski definition) is 2. The second-order valence-corrected chi connectivity index (χ2v) is 13.3. The number of alkyl halides is 3. The van der Waals surface area contributed by atoms with Crippen LogP contribution in [0.15, 0.2) is 76.6 Å². The van der Waals surface area contributed by atoms with Gasteiger partial charge in [-0.3, -0.25) is 19.2 Å². The highest BCUT2D eigenvalue weighted by Crippen LogP contribution is 2.54. The Bertz CT molecular complexity index is 2030. The number of fused-ring (bicyclic) bond motifs is 2. The van der Waals surface area contributed by atoms with E-state index in [9.17, 15) is 37.1 Å². The number of rotatable bonds is 10. The molecule has 11 nitrogen and oxygen atoms in total. The SMILES string of the molecule is CCOC(=O)c1ccc(NC(=O)COc2ccc(C3c4sc(=O)[nH]c4SC4C(=O)N(c5cccc(C(F)(F)F)c5)C(=O)C43)cc2OCC)cc1. The molecule has 0 saturated carbocycles. The molecule has 0 radical (unpaired) electrons. The number of esters is 1. The van der Waals surface area contributed by atoms with E-state index in [0.29, 0.717) is 26.7 Å². The summed E-state index contributed by atoms with van der Waals surface area (Å²) in [5, 5.41) is 2.04. The van der Waals surface area contributed by atoms with E-state index >= 15 is 0 Å². The third-order valence-electron chi connectivity index (χ3n) is 7.92. The zero-order chi connectivity index (χ0) is 35.7. The minimum atomic E-state index is -4.69. The molecule has 1 saturated heterocycles. The number of halogens is 3. The molecule has 0 bridgehead atoms. The number of carbonyl (C=O) groups is 4. The quantitative estimate of drug-likeness (QED) is 0.152. The van der Waals surface area contributed by atoms with Crippen LogP contribution in [-0.2, 0) is 25.3 Å². The molecule has 0 spiro atoms. The number of aromatic amines is 1. The van der Waals surface area contributed by atoms with Crippen LogP contribution in [0.5, 0.6) is 11.5 Å². The largest absolute Gasteiger partial charge is 0.490 e. The Labute approximate surface area is 290 Å². The summed E-state index contributed by atoms with van der Waals surface area (Å²) in [6.07, 6.45) is -4.69. The van der Waals surface area contributed by atoms with Crippen LogP contribution in [0, 0.1) is 5.92 Å². The molecule has 2 N–H and O–H groups in total. The topological polar surface area (TPSA) is 144 Å². The molecule has 1 aromatic heterocycles. The number of thiazole rings is 1. The standard InChI is InChI=1S/C34H28F3N3O8S2/c1-3-46-23-14-18(10-13-22(23)48-16-24(41)38-20-11-8-17(9-12-20)32(44)47-4-2)25-26-28(49-29-27(25)50-33(45)39-29)31(43)40(30(26)42)21-7-5-6-19(15-21)34(35,36)37/h5-15,25-26,28H,3-4,16H2,1-2H3,(H,38,41)(H,39,45). The van der Waals surface area contributed by atoms with E-state index in [1.54, 1.807) is 44.2 Å². The van der Waals surface area contributed by atoms with Crippen LogP contribution in [-0.4, -0.2) is 53.7 Å². The number of imide groups is 1. The molecule has 16 heteroatoms. The molecule has 6 rings (SSSR count). The van der Waals surface area contributed by atoms with Crippen molar-refractivity contribution in [2.24, 2.45) is 5.92 Å². The van der Waals surface area contributed by atoms with Crippen molar-refractivity contribution in [2.75, 3.05) is 30.0 Å². The van der Waals surface area contributed by atoms with E-state index in [0.717, 1.165) is 46.2 Å². The van der Waals surface area contributed by atoms with Gasteiger partial charge in [-0.1, -0.05) is 35.2 Å². The van der Waals surface area contributed by atoms with Gasteiger partial charge >= 0.3 is 17.0 Å². The summed E-state index contributed by atoms with van der Waals surface area (Å²) in [6, 6.07) is 14.9. The van der Waals surface area contributed by atoms with Crippen LogP contribution in [0.25, 0.3) is 0 Å². The van der Waals surface area contributed by atoms with E-state index < -0.39 is 64.0 Å². The van der Waals surface area contributed by atoms with E-state index in [1.165, 1.54) is 18.2 Å². The first-order chi connectivity index (χ1) is 23.9. The number of nitrogens with zero attached hydrogens (tertiary/aromatic N) is 1. The van der Waals surface area contributed by atoms with Crippen molar-refractivity contribution in [3.63, 3.8) is 0 Å². The van der Waals surface area contributed by atoms with Gasteiger partial charge in [0.25, 0.3) is 5.91 Å². The summed E-state index contributed by atoms with van der Waals surface area (Å²) in [5.74, 6) is -3.84. The fourth-order valence-corrected chi connectivity index (χ4v) is 8.32. The van der Waals surface area contributed by atoms with Crippen molar-refractivity contribution in [1.29, 1.82) is 0 Å². The zero-order valence-electron chi connectivity index (χ0n) is 26.4. The van der Waals surface area contributed by atoms with Crippen molar-refractivity contribution in [2.45, 2.75) is 36.2 Å². The summed E-state index contributed by atoms with van der Waals surface area (Å²) in [4.78, 5) is 68.4. The third-order valence-corrected chi connectivity index (χ3v) is 10.3. The summed E-state index contributed by atoms with van der Waals surface area (Å²) < 4.78 is 57.1. The lowest BCUT2D eigenvalue weighted by Crippen LogP contribution is -2.32. The molecule has 3 atom stereocenters. The Morgan fingerprint density at radius 2 is 1.68 bits per heavy atom. The average Bonchev–Trinajstić information content (AvgIpc) is 3.58. The molecular formula is C34H28F3N3O8S2. The number of H-pyrrole nitrogens is 1. The van der Waals surface area contributed by atoms with Crippen LogP contribution in [0.4, 0.5) is 24.5 Å². The maximum Gasteiger partial charge on any atom is 0.416 e. The monoisotopic (exact) mass is 727 g/mol. The van der Waals surface area contributed by atoms with Gasteiger partial charge in [-0.25, -0.2) is 9.69 Å². The van der Waals surface area contributed by atoms with Gasteiger partial charge in [-0.2, -0.15) is 13.2 Å². The number of carbonyl (C=O) groups excluding carboxylic acids is 4. The van der Waals surface area contributed by atoms with E-state index in [-0.39, 0.29) is 30.4 Å². The van der Waals surface area contributed by atoms with Crippen molar-refractivity contribution in [3.8, 4) is 11.5 Å². The summed E-state index contributed by atoms with van der Waals surface area (Å²) in [5.41, 5.74) is 0.0401. The summed E-state index contributed by atoms with van der Waals surface area (Å²) in [6.45, 7) is 3.45. The molecule has 260 valence electrons. The normalized spacial score (nSPS) is 18.3. The third kappa shape index (κ3) is 6.85. The number of ether oxygens (including phenoxy) is 3. The van der Waals surface area contributed by atoms with Crippen LogP contribution >= 0.6 is 23.1 Å². The Morgan fingerprint density at radius 1 is 0.920 bits per heavy atom. The van der Waals surface area contributed by atoms with Crippen molar-refractivity contribution in [3.05, 3.63) is 98.0 Å². The lowest BCUT2D eigenvalue weighted by atomic mass is 9.83. The summed E-state index contributed by atoms with van der Waals surface area (Å²) in [7, 11) is 0. The summed E-state index contributed by atoms with van der Waals surface area (Å²) >= 11 is 1.88. The molecule has 2 aliphatic rings. The van der Waals surface area contributed by atoms with E-state index in [2.05, 4.69) is 10.3 Å². The predicted molar refractivity (Wildman–Crippen MR) is 178 cm³/mol. The van der Waals surface area contributed by atoms with Gasteiger partial charge in [0.2, 0.25) is 11.8 Å². The van der Waals surface area contributed by atoms with Gasteiger partial charge in [-0.15, -0.1) is 0 Å². The highest BCUT2D eigenvalue weighted by molar-refractivity contribution is 8.00. The Morgan fingerprint density at radius 3 is 2.38 bits per heavy atom. The van der Waals surface area contributed by atoms with Crippen LogP contribution in [0.3, 0.4) is 0 Å². The minimum Gasteiger partial charge on any atom is -0.490 e. The molecule has 2 aliphatic heterocycles. The van der Waals surface area contributed by atoms with Gasteiger partial charge < -0.3 is 24.5 Å². The second-order valence-electron chi connectivity index (χ2n) is 11.1. The number of thioether (sulfide) groups is 1. The molecule has 1 fully saturated rings. The first kappa shape index (κ1) is 34.8. The molecular weight excluding hydrogens is 700 g/mol. The number of benzene rings is 3. The van der Waals surface area contributed by atoms with Crippen molar-refractivity contribution < 1.29 is 46.6 Å². The van der Waals surface area contributed by atoms with Gasteiger partial charge in [0, 0.05) is 16.5 Å². The first-order valence-corrected chi connectivity index (χ1v) is 17.0. The van der Waals surface area contributed by atoms with E-state index in [1.807, 2.05) is 0 Å². The van der Waals surface area contributed by atoms with E-state index in [4.69, 9.17) is 14.2 Å². The lowest BCUT2D eigenvalue weighted by molar-refractivity contribution is -0.137. The number of anilines is 2. The van der Waals surface area contributed by atoms with Crippen LogP contribution in [0.2, 0.25) is 0 Å². The fraction of sp³-hybridized carbons (Fsp3) is 0.265. The highest BCUT2D eigenvalue weighted by atomic mass is 32.2. The minimum absolute atomic E-state index is 0.201. The molecule has 3 aromatic carbocycles. The number of nitrogens with one attached hydrogen (secondary N) is 2. The van der Waals surface area contributed by atoms with Gasteiger partial charge in [0.05, 0.1) is 41.0 Å². The Balaban J connectivity index is 1.26. The molecule has 0 aliphatic carbocycles.